The van der Waals surface area contributed by atoms with Crippen LogP contribution in [0.3, 0.4) is 0 Å². The van der Waals surface area contributed by atoms with Crippen LogP contribution in [0.25, 0.3) is 33.7 Å². The molecule has 122 valence electrons. The Morgan fingerprint density at radius 1 is 0.917 bits per heavy atom. The number of aromatic nitrogens is 2. The lowest BCUT2D eigenvalue weighted by atomic mass is 10.1. The van der Waals surface area contributed by atoms with Gasteiger partial charge in [-0.2, -0.15) is 8.42 Å². The smallest absolute Gasteiger partial charge is 0.294 e. The summed E-state index contributed by atoms with van der Waals surface area (Å²) >= 11 is 0. The minimum atomic E-state index is -4.31. The first-order valence-electron chi connectivity index (χ1n) is 7.07. The van der Waals surface area contributed by atoms with E-state index >= 15 is 0 Å². The van der Waals surface area contributed by atoms with Gasteiger partial charge in [-0.1, -0.05) is 0 Å². The molecule has 0 saturated heterocycles. The fraction of sp³-hybridized carbons (Fsp3) is 0.125. The molecule has 0 radical (unpaired) electrons. The summed E-state index contributed by atoms with van der Waals surface area (Å²) in [7, 11) is -4.31. The largest absolute Gasteiger partial charge is 0.441 e. The molecule has 0 bridgehead atoms. The molecule has 0 amide bonds. The lowest BCUT2D eigenvalue weighted by molar-refractivity contribution is 0.483. The standard InChI is InChI=1S/C16H12N2O5S/c1-8-3-10(5-11(4-8)24(19,20)21)16-18-13-7-14-12(6-15(13)23-16)17-9(2)22-14/h3-7H,1-2H3,(H,19,20,21). The van der Waals surface area contributed by atoms with Gasteiger partial charge in [0, 0.05) is 24.6 Å². The maximum Gasteiger partial charge on any atom is 0.294 e. The molecule has 0 aliphatic rings. The van der Waals surface area contributed by atoms with Gasteiger partial charge in [-0.3, -0.25) is 4.55 Å². The fourth-order valence-electron chi connectivity index (χ4n) is 2.61. The van der Waals surface area contributed by atoms with Gasteiger partial charge in [-0.25, -0.2) is 9.97 Å². The summed E-state index contributed by atoms with van der Waals surface area (Å²) in [6, 6.07) is 7.86. The summed E-state index contributed by atoms with van der Waals surface area (Å²) in [5.41, 5.74) is 3.46. The SMILES string of the molecule is Cc1cc(-c2nc3cc4oc(C)nc4cc3o2)cc(S(=O)(=O)O)c1. The van der Waals surface area contributed by atoms with E-state index in [9.17, 15) is 13.0 Å². The van der Waals surface area contributed by atoms with Gasteiger partial charge in [-0.05, 0) is 30.7 Å². The maximum absolute atomic E-state index is 11.4. The normalized spacial score (nSPS) is 12.3. The highest BCUT2D eigenvalue weighted by atomic mass is 32.2. The average Bonchev–Trinajstić information content (AvgIpc) is 3.04. The predicted octanol–water partition coefficient (Wildman–Crippen LogP) is 3.50. The van der Waals surface area contributed by atoms with E-state index in [2.05, 4.69) is 9.97 Å². The molecular formula is C16H12N2O5S. The Kier molecular flexibility index (Phi) is 3.03. The Balaban J connectivity index is 1.92. The van der Waals surface area contributed by atoms with E-state index in [0.29, 0.717) is 39.2 Å². The Hall–Kier alpha value is -2.71. The number of benzene rings is 2. The van der Waals surface area contributed by atoms with Crippen LogP contribution in [0.5, 0.6) is 0 Å². The van der Waals surface area contributed by atoms with Crippen LogP contribution in [-0.2, 0) is 10.1 Å². The second-order valence-electron chi connectivity index (χ2n) is 5.55. The van der Waals surface area contributed by atoms with Crippen molar-refractivity contribution in [2.45, 2.75) is 18.7 Å². The molecule has 0 fully saturated rings. The van der Waals surface area contributed by atoms with E-state index < -0.39 is 10.1 Å². The average molecular weight is 344 g/mol. The first kappa shape index (κ1) is 14.9. The van der Waals surface area contributed by atoms with Crippen molar-refractivity contribution < 1.29 is 21.8 Å². The zero-order valence-corrected chi connectivity index (χ0v) is 13.6. The number of rotatable bonds is 2. The van der Waals surface area contributed by atoms with Crippen LogP contribution in [0, 0.1) is 13.8 Å². The summed E-state index contributed by atoms with van der Waals surface area (Å²) in [4.78, 5) is 8.41. The first-order chi connectivity index (χ1) is 11.3. The molecule has 2 aromatic heterocycles. The van der Waals surface area contributed by atoms with Gasteiger partial charge in [0.05, 0.1) is 4.90 Å². The van der Waals surface area contributed by atoms with Gasteiger partial charge < -0.3 is 8.83 Å². The fourth-order valence-corrected chi connectivity index (χ4v) is 3.22. The van der Waals surface area contributed by atoms with Gasteiger partial charge in [0.2, 0.25) is 5.89 Å². The number of fused-ring (bicyclic) bond motifs is 2. The third-order valence-electron chi connectivity index (χ3n) is 3.60. The van der Waals surface area contributed by atoms with Crippen molar-refractivity contribution in [2.24, 2.45) is 0 Å². The van der Waals surface area contributed by atoms with Crippen LogP contribution in [0.4, 0.5) is 0 Å². The number of hydrogen-bond donors (Lipinski definition) is 1. The molecule has 0 aliphatic heterocycles. The highest BCUT2D eigenvalue weighted by Crippen LogP contribution is 2.30. The molecule has 2 heterocycles. The topological polar surface area (TPSA) is 106 Å². The molecule has 8 heteroatoms. The van der Waals surface area contributed by atoms with Crippen LogP contribution in [0.15, 0.2) is 44.1 Å². The highest BCUT2D eigenvalue weighted by molar-refractivity contribution is 7.85. The van der Waals surface area contributed by atoms with Crippen LogP contribution in [0.2, 0.25) is 0 Å². The molecule has 7 nitrogen and oxygen atoms in total. The van der Waals surface area contributed by atoms with E-state index in [4.69, 9.17) is 8.83 Å². The Morgan fingerprint density at radius 2 is 1.58 bits per heavy atom. The van der Waals surface area contributed by atoms with Crippen LogP contribution in [-0.4, -0.2) is 22.9 Å². The third kappa shape index (κ3) is 2.45. The van der Waals surface area contributed by atoms with Crippen molar-refractivity contribution in [1.82, 2.24) is 9.97 Å². The van der Waals surface area contributed by atoms with Gasteiger partial charge in [0.25, 0.3) is 10.1 Å². The second kappa shape index (κ2) is 4.89. The molecule has 0 saturated carbocycles. The van der Waals surface area contributed by atoms with Crippen LogP contribution in [0.1, 0.15) is 11.5 Å². The second-order valence-corrected chi connectivity index (χ2v) is 6.97. The van der Waals surface area contributed by atoms with E-state index in [1.165, 1.54) is 12.1 Å². The van der Waals surface area contributed by atoms with E-state index in [1.54, 1.807) is 32.0 Å². The first-order valence-corrected chi connectivity index (χ1v) is 8.51. The van der Waals surface area contributed by atoms with E-state index in [-0.39, 0.29) is 10.8 Å². The van der Waals surface area contributed by atoms with E-state index in [1.807, 2.05) is 0 Å². The van der Waals surface area contributed by atoms with Gasteiger partial charge in [-0.15, -0.1) is 0 Å². The lowest BCUT2D eigenvalue weighted by Crippen LogP contribution is -1.99. The monoisotopic (exact) mass is 344 g/mol. The minimum Gasteiger partial charge on any atom is -0.441 e. The molecule has 2 aromatic carbocycles. The Morgan fingerprint density at radius 3 is 2.29 bits per heavy atom. The van der Waals surface area contributed by atoms with Crippen molar-refractivity contribution in [3.8, 4) is 11.5 Å². The van der Waals surface area contributed by atoms with Crippen molar-refractivity contribution in [3.05, 3.63) is 41.8 Å². The summed E-state index contributed by atoms with van der Waals surface area (Å²) < 4.78 is 43.2. The molecule has 0 unspecified atom stereocenters. The van der Waals surface area contributed by atoms with Gasteiger partial charge in [0.1, 0.15) is 11.0 Å². The van der Waals surface area contributed by atoms with Crippen molar-refractivity contribution >= 4 is 32.3 Å². The highest BCUT2D eigenvalue weighted by Gasteiger charge is 2.16. The summed E-state index contributed by atoms with van der Waals surface area (Å²) in [6.07, 6.45) is 0. The zero-order valence-electron chi connectivity index (χ0n) is 12.8. The molecule has 0 aliphatic carbocycles. The summed E-state index contributed by atoms with van der Waals surface area (Å²) in [5, 5.41) is 0. The molecule has 4 aromatic rings. The number of nitrogens with zero attached hydrogens (tertiary/aromatic N) is 2. The predicted molar refractivity (Wildman–Crippen MR) is 86.3 cm³/mol. The molecule has 24 heavy (non-hydrogen) atoms. The van der Waals surface area contributed by atoms with Gasteiger partial charge in [0.15, 0.2) is 17.1 Å². The van der Waals surface area contributed by atoms with Crippen LogP contribution >= 0.6 is 0 Å². The van der Waals surface area contributed by atoms with Crippen LogP contribution < -0.4 is 0 Å². The van der Waals surface area contributed by atoms with E-state index in [0.717, 1.165) is 0 Å². The molecular weight excluding hydrogens is 332 g/mol. The van der Waals surface area contributed by atoms with Gasteiger partial charge >= 0.3 is 0 Å². The van der Waals surface area contributed by atoms with Crippen molar-refractivity contribution in [3.63, 3.8) is 0 Å². The minimum absolute atomic E-state index is 0.203. The number of hydrogen-bond acceptors (Lipinski definition) is 6. The number of aryl methyl sites for hydroxylation is 2. The summed E-state index contributed by atoms with van der Waals surface area (Å²) in [5.74, 6) is 0.803. The molecule has 0 atom stereocenters. The molecule has 0 spiro atoms. The van der Waals surface area contributed by atoms with Crippen molar-refractivity contribution in [1.29, 1.82) is 0 Å². The Labute approximate surface area is 136 Å². The third-order valence-corrected chi connectivity index (χ3v) is 4.43. The zero-order chi connectivity index (χ0) is 17.1. The summed E-state index contributed by atoms with van der Waals surface area (Å²) in [6.45, 7) is 3.48. The van der Waals surface area contributed by atoms with Crippen molar-refractivity contribution in [2.75, 3.05) is 0 Å². The number of oxazole rings is 2. The molecule has 1 N–H and O–H groups in total. The quantitative estimate of drug-likeness (QED) is 0.555. The Bertz CT molecular complexity index is 1150. The molecule has 4 rings (SSSR count). The maximum atomic E-state index is 11.4. The lowest BCUT2D eigenvalue weighted by Gasteiger charge is -2.02.